The Balaban J connectivity index is 2.16. The number of unbranched alkanes of at least 4 members (excludes halogenated alkanes) is 1. The van der Waals surface area contributed by atoms with Crippen LogP contribution in [0.15, 0.2) is 46.9 Å². The van der Waals surface area contributed by atoms with Crippen LogP contribution in [0.25, 0.3) is 0 Å². The number of halogens is 1. The minimum atomic E-state index is -0.386. The molecule has 1 N–H and O–H groups in total. The van der Waals surface area contributed by atoms with Crippen LogP contribution < -0.4 is 5.32 Å². The summed E-state index contributed by atoms with van der Waals surface area (Å²) >= 11 is 3.25. The topological polar surface area (TPSA) is 55.2 Å². The third kappa shape index (κ3) is 4.29. The van der Waals surface area contributed by atoms with Gasteiger partial charge in [-0.1, -0.05) is 41.4 Å². The van der Waals surface area contributed by atoms with Crippen LogP contribution in [-0.2, 0) is 6.42 Å². The zero-order valence-electron chi connectivity index (χ0n) is 11.8. The van der Waals surface area contributed by atoms with E-state index in [1.165, 1.54) is 24.5 Å². The van der Waals surface area contributed by atoms with Crippen molar-refractivity contribution < 1.29 is 4.92 Å². The van der Waals surface area contributed by atoms with E-state index in [1.807, 2.05) is 12.1 Å². The van der Waals surface area contributed by atoms with Crippen LogP contribution in [0.4, 0.5) is 17.1 Å². The van der Waals surface area contributed by atoms with Gasteiger partial charge in [0.15, 0.2) is 0 Å². The molecule has 0 fully saturated rings. The van der Waals surface area contributed by atoms with Crippen molar-refractivity contribution in [3.8, 4) is 0 Å². The highest BCUT2D eigenvalue weighted by Gasteiger charge is 2.14. The van der Waals surface area contributed by atoms with Crippen LogP contribution in [0, 0.1) is 10.1 Å². The monoisotopic (exact) mass is 348 g/mol. The Morgan fingerprint density at radius 2 is 1.90 bits per heavy atom. The summed E-state index contributed by atoms with van der Waals surface area (Å²) in [4.78, 5) is 10.7. The Morgan fingerprint density at radius 3 is 2.52 bits per heavy atom. The molecule has 0 unspecified atom stereocenters. The highest BCUT2D eigenvalue weighted by Crippen LogP contribution is 2.30. The molecule has 110 valence electrons. The lowest BCUT2D eigenvalue weighted by atomic mass is 10.1. The van der Waals surface area contributed by atoms with Gasteiger partial charge in [0.1, 0.15) is 5.69 Å². The number of aryl methyl sites for hydroxylation is 1. The van der Waals surface area contributed by atoms with Crippen LogP contribution in [0.3, 0.4) is 0 Å². The average molecular weight is 349 g/mol. The molecule has 0 aliphatic carbocycles. The maximum Gasteiger partial charge on any atom is 0.293 e. The van der Waals surface area contributed by atoms with E-state index >= 15 is 0 Å². The number of rotatable bonds is 6. The van der Waals surface area contributed by atoms with E-state index in [4.69, 9.17) is 0 Å². The number of hydrogen-bond donors (Lipinski definition) is 1. The summed E-state index contributed by atoms with van der Waals surface area (Å²) in [7, 11) is 0. The lowest BCUT2D eigenvalue weighted by molar-refractivity contribution is -0.384. The minimum Gasteiger partial charge on any atom is -0.350 e. The molecule has 0 radical (unpaired) electrons. The maximum absolute atomic E-state index is 11.1. The smallest absolute Gasteiger partial charge is 0.293 e. The summed E-state index contributed by atoms with van der Waals surface area (Å²) in [6.07, 6.45) is 3.41. The fourth-order valence-corrected chi connectivity index (χ4v) is 2.40. The van der Waals surface area contributed by atoms with Gasteiger partial charge in [0, 0.05) is 16.2 Å². The number of nitro benzene ring substituents is 1. The van der Waals surface area contributed by atoms with E-state index in [9.17, 15) is 10.1 Å². The van der Waals surface area contributed by atoms with Crippen LogP contribution in [-0.4, -0.2) is 4.92 Å². The highest BCUT2D eigenvalue weighted by molar-refractivity contribution is 9.10. The Bertz CT molecular complexity index is 627. The Hall–Kier alpha value is -1.88. The first kappa shape index (κ1) is 15.5. The summed E-state index contributed by atoms with van der Waals surface area (Å²) < 4.78 is 0.690. The van der Waals surface area contributed by atoms with Crippen molar-refractivity contribution in [1.82, 2.24) is 0 Å². The van der Waals surface area contributed by atoms with Gasteiger partial charge in [0.25, 0.3) is 5.69 Å². The van der Waals surface area contributed by atoms with Gasteiger partial charge < -0.3 is 5.32 Å². The molecule has 4 nitrogen and oxygen atoms in total. The quantitative estimate of drug-likeness (QED) is 0.558. The molecule has 0 bridgehead atoms. The van der Waals surface area contributed by atoms with E-state index in [2.05, 4.69) is 40.3 Å². The van der Waals surface area contributed by atoms with Gasteiger partial charge in [0.05, 0.1) is 4.92 Å². The van der Waals surface area contributed by atoms with Gasteiger partial charge in [-0.05, 0) is 42.7 Å². The van der Waals surface area contributed by atoms with Gasteiger partial charge in [-0.2, -0.15) is 0 Å². The second-order valence-corrected chi connectivity index (χ2v) is 5.76. The molecule has 0 aliphatic rings. The second-order valence-electron chi connectivity index (χ2n) is 4.84. The highest BCUT2D eigenvalue weighted by atomic mass is 79.9. The average Bonchev–Trinajstić information content (AvgIpc) is 2.48. The summed E-state index contributed by atoms with van der Waals surface area (Å²) in [5, 5.41) is 14.2. The zero-order valence-corrected chi connectivity index (χ0v) is 13.4. The molecule has 0 spiro atoms. The van der Waals surface area contributed by atoms with Gasteiger partial charge in [-0.25, -0.2) is 0 Å². The van der Waals surface area contributed by atoms with E-state index < -0.39 is 0 Å². The van der Waals surface area contributed by atoms with E-state index in [-0.39, 0.29) is 10.6 Å². The lowest BCUT2D eigenvalue weighted by Crippen LogP contribution is -1.97. The van der Waals surface area contributed by atoms with Crippen molar-refractivity contribution in [2.45, 2.75) is 26.2 Å². The molecule has 0 aromatic heterocycles. The SMILES string of the molecule is CCCCc1ccc(Nc2ccc(Br)cc2[N+](=O)[O-])cc1. The van der Waals surface area contributed by atoms with E-state index in [0.29, 0.717) is 10.2 Å². The van der Waals surface area contributed by atoms with Crippen molar-refractivity contribution in [3.05, 3.63) is 62.6 Å². The van der Waals surface area contributed by atoms with Crippen molar-refractivity contribution in [3.63, 3.8) is 0 Å². The largest absolute Gasteiger partial charge is 0.350 e. The molecule has 0 aliphatic heterocycles. The van der Waals surface area contributed by atoms with Crippen molar-refractivity contribution in [2.75, 3.05) is 5.32 Å². The number of nitrogens with zero attached hydrogens (tertiary/aromatic N) is 1. The van der Waals surface area contributed by atoms with Crippen molar-refractivity contribution >= 4 is 33.0 Å². The summed E-state index contributed by atoms with van der Waals surface area (Å²) in [5.41, 5.74) is 2.68. The molecular formula is C16H17BrN2O2. The number of anilines is 2. The molecule has 0 atom stereocenters. The predicted octanol–water partition coefficient (Wildman–Crippen LogP) is 5.44. The Kier molecular flexibility index (Phi) is 5.33. The number of nitrogens with one attached hydrogen (secondary N) is 1. The van der Waals surface area contributed by atoms with Gasteiger partial charge in [-0.3, -0.25) is 10.1 Å². The number of benzene rings is 2. The van der Waals surface area contributed by atoms with Crippen LogP contribution in [0.1, 0.15) is 25.3 Å². The molecule has 0 saturated heterocycles. The third-order valence-electron chi connectivity index (χ3n) is 3.21. The molecular weight excluding hydrogens is 332 g/mol. The fourth-order valence-electron chi connectivity index (χ4n) is 2.05. The first-order valence-corrected chi connectivity index (χ1v) is 7.69. The lowest BCUT2D eigenvalue weighted by Gasteiger charge is -2.08. The third-order valence-corrected chi connectivity index (χ3v) is 3.70. The first-order chi connectivity index (χ1) is 10.1. The molecule has 2 aromatic carbocycles. The standard InChI is InChI=1S/C16H17BrN2O2/c1-2-3-4-12-5-8-14(9-6-12)18-15-10-7-13(17)11-16(15)19(20)21/h5-11,18H,2-4H2,1H3. The minimum absolute atomic E-state index is 0.0550. The molecule has 2 aromatic rings. The van der Waals surface area contributed by atoms with Gasteiger partial charge in [0.2, 0.25) is 0 Å². The van der Waals surface area contributed by atoms with Gasteiger partial charge >= 0.3 is 0 Å². The molecule has 21 heavy (non-hydrogen) atoms. The predicted molar refractivity (Wildman–Crippen MR) is 89.1 cm³/mol. The number of nitro groups is 1. The van der Waals surface area contributed by atoms with E-state index in [0.717, 1.165) is 12.1 Å². The van der Waals surface area contributed by atoms with Gasteiger partial charge in [-0.15, -0.1) is 0 Å². The molecule has 5 heteroatoms. The normalized spacial score (nSPS) is 10.4. The summed E-state index contributed by atoms with van der Waals surface area (Å²) in [6, 6.07) is 13.0. The molecule has 0 saturated carbocycles. The first-order valence-electron chi connectivity index (χ1n) is 6.90. The van der Waals surface area contributed by atoms with E-state index in [1.54, 1.807) is 12.1 Å². The molecule has 0 heterocycles. The molecule has 0 amide bonds. The van der Waals surface area contributed by atoms with Crippen LogP contribution in [0.2, 0.25) is 0 Å². The maximum atomic E-state index is 11.1. The van der Waals surface area contributed by atoms with Crippen LogP contribution >= 0.6 is 15.9 Å². The summed E-state index contributed by atoms with van der Waals surface area (Å²) in [5.74, 6) is 0. The summed E-state index contributed by atoms with van der Waals surface area (Å²) in [6.45, 7) is 2.17. The number of hydrogen-bond acceptors (Lipinski definition) is 3. The Labute approximate surface area is 132 Å². The zero-order chi connectivity index (χ0) is 15.2. The second kappa shape index (κ2) is 7.22. The van der Waals surface area contributed by atoms with Crippen molar-refractivity contribution in [2.24, 2.45) is 0 Å². The Morgan fingerprint density at radius 1 is 1.19 bits per heavy atom. The molecule has 2 rings (SSSR count). The van der Waals surface area contributed by atoms with Crippen molar-refractivity contribution in [1.29, 1.82) is 0 Å². The van der Waals surface area contributed by atoms with Crippen LogP contribution in [0.5, 0.6) is 0 Å². The fraction of sp³-hybridized carbons (Fsp3) is 0.250.